The molecule has 2 aromatic rings. The molecule has 1 unspecified atom stereocenters. The molecule has 0 N–H and O–H groups in total. The molecule has 0 spiro atoms. The minimum atomic E-state index is 0.00602. The Labute approximate surface area is 151 Å². The SMILES string of the molecule is COc1ccc(C2SCC(=O)N2Cc2ccc(OC)c(OC)c2)cc1. The number of benzene rings is 2. The lowest BCUT2D eigenvalue weighted by atomic mass is 10.1. The number of carbonyl (C=O) groups is 1. The van der Waals surface area contributed by atoms with Crippen LogP contribution in [0.25, 0.3) is 0 Å². The normalized spacial score (nSPS) is 16.8. The van der Waals surface area contributed by atoms with E-state index in [2.05, 4.69) is 0 Å². The summed E-state index contributed by atoms with van der Waals surface area (Å²) in [5, 5.41) is 0.00602. The molecule has 2 aromatic carbocycles. The van der Waals surface area contributed by atoms with Crippen LogP contribution >= 0.6 is 11.8 Å². The number of hydrogen-bond acceptors (Lipinski definition) is 5. The number of methoxy groups -OCH3 is 3. The lowest BCUT2D eigenvalue weighted by Crippen LogP contribution is -2.27. The quantitative estimate of drug-likeness (QED) is 0.790. The molecule has 6 heteroatoms. The van der Waals surface area contributed by atoms with Crippen molar-refractivity contribution in [1.82, 2.24) is 4.90 Å². The first-order chi connectivity index (χ1) is 12.2. The van der Waals surface area contributed by atoms with E-state index in [0.717, 1.165) is 16.9 Å². The number of rotatable bonds is 6. The highest BCUT2D eigenvalue weighted by molar-refractivity contribution is 8.00. The van der Waals surface area contributed by atoms with Crippen LogP contribution in [-0.4, -0.2) is 37.9 Å². The summed E-state index contributed by atoms with van der Waals surface area (Å²) in [6, 6.07) is 13.6. The van der Waals surface area contributed by atoms with Crippen molar-refractivity contribution >= 4 is 17.7 Å². The average Bonchev–Trinajstić information content (AvgIpc) is 3.02. The maximum atomic E-state index is 12.4. The lowest BCUT2D eigenvalue weighted by molar-refractivity contribution is -0.128. The zero-order valence-corrected chi connectivity index (χ0v) is 15.3. The minimum Gasteiger partial charge on any atom is -0.497 e. The van der Waals surface area contributed by atoms with Gasteiger partial charge in [-0.15, -0.1) is 11.8 Å². The molecule has 0 radical (unpaired) electrons. The molecular weight excluding hydrogens is 338 g/mol. The molecule has 0 aromatic heterocycles. The third kappa shape index (κ3) is 3.69. The molecule has 0 saturated carbocycles. The van der Waals surface area contributed by atoms with Gasteiger partial charge in [0.1, 0.15) is 11.1 Å². The Morgan fingerprint density at radius 3 is 2.36 bits per heavy atom. The molecule has 1 saturated heterocycles. The Morgan fingerprint density at radius 2 is 1.72 bits per heavy atom. The van der Waals surface area contributed by atoms with Gasteiger partial charge in [0.25, 0.3) is 0 Å². The number of nitrogens with zero attached hydrogens (tertiary/aromatic N) is 1. The van der Waals surface area contributed by atoms with Gasteiger partial charge in [-0.1, -0.05) is 18.2 Å². The molecule has 3 rings (SSSR count). The number of ether oxygens (including phenoxy) is 3. The number of carbonyl (C=O) groups excluding carboxylic acids is 1. The topological polar surface area (TPSA) is 48.0 Å². The van der Waals surface area contributed by atoms with Crippen LogP contribution in [0, 0.1) is 0 Å². The molecule has 132 valence electrons. The van der Waals surface area contributed by atoms with Crippen molar-refractivity contribution in [3.63, 3.8) is 0 Å². The van der Waals surface area contributed by atoms with E-state index in [1.807, 2.05) is 47.4 Å². The van der Waals surface area contributed by atoms with Crippen molar-refractivity contribution in [1.29, 1.82) is 0 Å². The maximum Gasteiger partial charge on any atom is 0.234 e. The van der Waals surface area contributed by atoms with Crippen LogP contribution in [0.5, 0.6) is 17.2 Å². The maximum absolute atomic E-state index is 12.4. The van der Waals surface area contributed by atoms with Gasteiger partial charge in [-0.3, -0.25) is 4.79 Å². The van der Waals surface area contributed by atoms with E-state index >= 15 is 0 Å². The van der Waals surface area contributed by atoms with Gasteiger partial charge in [0.15, 0.2) is 11.5 Å². The third-order valence-electron chi connectivity index (χ3n) is 4.17. The standard InChI is InChI=1S/C19H21NO4S/c1-22-15-7-5-14(6-8-15)19-20(18(21)12-25-19)11-13-4-9-16(23-2)17(10-13)24-3/h4-10,19H,11-12H2,1-3H3. The largest absolute Gasteiger partial charge is 0.497 e. The Hall–Kier alpha value is -2.34. The fourth-order valence-corrected chi connectivity index (χ4v) is 4.03. The van der Waals surface area contributed by atoms with Gasteiger partial charge in [0.2, 0.25) is 5.91 Å². The highest BCUT2D eigenvalue weighted by Crippen LogP contribution is 2.40. The number of thioether (sulfide) groups is 1. The predicted octanol–water partition coefficient (Wildman–Crippen LogP) is 3.49. The zero-order valence-electron chi connectivity index (χ0n) is 14.5. The molecule has 1 aliphatic rings. The summed E-state index contributed by atoms with van der Waals surface area (Å²) >= 11 is 1.64. The van der Waals surface area contributed by atoms with Crippen LogP contribution in [0.1, 0.15) is 16.5 Å². The molecule has 1 heterocycles. The summed E-state index contributed by atoms with van der Waals surface area (Å²) in [6.45, 7) is 0.531. The van der Waals surface area contributed by atoms with E-state index in [1.165, 1.54) is 0 Å². The van der Waals surface area contributed by atoms with Gasteiger partial charge in [-0.25, -0.2) is 0 Å². The first kappa shape index (κ1) is 17.5. The van der Waals surface area contributed by atoms with Crippen molar-refractivity contribution < 1.29 is 19.0 Å². The zero-order chi connectivity index (χ0) is 17.8. The van der Waals surface area contributed by atoms with Crippen LogP contribution < -0.4 is 14.2 Å². The minimum absolute atomic E-state index is 0.00602. The van der Waals surface area contributed by atoms with Gasteiger partial charge in [-0.2, -0.15) is 0 Å². The Kier molecular flexibility index (Phi) is 5.38. The Bertz CT molecular complexity index is 748. The smallest absolute Gasteiger partial charge is 0.234 e. The fraction of sp³-hybridized carbons (Fsp3) is 0.316. The van der Waals surface area contributed by atoms with Crippen LogP contribution in [0.4, 0.5) is 0 Å². The molecule has 25 heavy (non-hydrogen) atoms. The van der Waals surface area contributed by atoms with E-state index in [9.17, 15) is 4.79 Å². The fourth-order valence-electron chi connectivity index (χ4n) is 2.85. The van der Waals surface area contributed by atoms with Crippen LogP contribution in [0.15, 0.2) is 42.5 Å². The van der Waals surface area contributed by atoms with Gasteiger partial charge >= 0.3 is 0 Å². The molecule has 1 aliphatic heterocycles. The predicted molar refractivity (Wildman–Crippen MR) is 98.3 cm³/mol. The van der Waals surface area contributed by atoms with Gasteiger partial charge in [-0.05, 0) is 35.4 Å². The summed E-state index contributed by atoms with van der Waals surface area (Å²) in [6.07, 6.45) is 0. The molecule has 5 nitrogen and oxygen atoms in total. The van der Waals surface area contributed by atoms with Gasteiger partial charge in [0, 0.05) is 6.54 Å². The molecule has 1 fully saturated rings. The summed E-state index contributed by atoms with van der Waals surface area (Å²) in [4.78, 5) is 14.3. The molecular formula is C19H21NO4S. The van der Waals surface area contributed by atoms with Crippen molar-refractivity contribution in [3.05, 3.63) is 53.6 Å². The van der Waals surface area contributed by atoms with E-state index in [0.29, 0.717) is 23.8 Å². The van der Waals surface area contributed by atoms with Crippen LogP contribution in [-0.2, 0) is 11.3 Å². The Morgan fingerprint density at radius 1 is 1.00 bits per heavy atom. The first-order valence-corrected chi connectivity index (χ1v) is 8.97. The van der Waals surface area contributed by atoms with E-state index in [-0.39, 0.29) is 11.3 Å². The second-order valence-corrected chi connectivity index (χ2v) is 6.72. The van der Waals surface area contributed by atoms with E-state index in [4.69, 9.17) is 14.2 Å². The number of hydrogen-bond donors (Lipinski definition) is 0. The summed E-state index contributed by atoms with van der Waals surface area (Å²) in [5.41, 5.74) is 2.10. The second kappa shape index (κ2) is 7.70. The van der Waals surface area contributed by atoms with Crippen molar-refractivity contribution in [3.8, 4) is 17.2 Å². The van der Waals surface area contributed by atoms with E-state index in [1.54, 1.807) is 33.1 Å². The highest BCUT2D eigenvalue weighted by Gasteiger charge is 2.32. The Balaban J connectivity index is 1.82. The number of amides is 1. The van der Waals surface area contributed by atoms with Crippen LogP contribution in [0.2, 0.25) is 0 Å². The molecule has 0 bridgehead atoms. The lowest BCUT2D eigenvalue weighted by Gasteiger charge is -2.25. The average molecular weight is 359 g/mol. The first-order valence-electron chi connectivity index (χ1n) is 7.92. The van der Waals surface area contributed by atoms with Crippen LogP contribution in [0.3, 0.4) is 0 Å². The molecule has 0 aliphatic carbocycles. The summed E-state index contributed by atoms with van der Waals surface area (Å²) in [5.74, 6) is 2.79. The van der Waals surface area contributed by atoms with Crippen molar-refractivity contribution in [2.24, 2.45) is 0 Å². The van der Waals surface area contributed by atoms with Gasteiger partial charge in [0.05, 0.1) is 27.1 Å². The van der Waals surface area contributed by atoms with Crippen molar-refractivity contribution in [2.45, 2.75) is 11.9 Å². The molecule has 1 atom stereocenters. The summed E-state index contributed by atoms with van der Waals surface area (Å²) in [7, 11) is 4.86. The highest BCUT2D eigenvalue weighted by atomic mass is 32.2. The van der Waals surface area contributed by atoms with E-state index < -0.39 is 0 Å². The van der Waals surface area contributed by atoms with Gasteiger partial charge < -0.3 is 19.1 Å². The second-order valence-electron chi connectivity index (χ2n) is 5.65. The molecule has 1 amide bonds. The monoisotopic (exact) mass is 359 g/mol. The summed E-state index contributed by atoms with van der Waals surface area (Å²) < 4.78 is 15.8. The third-order valence-corrected chi connectivity index (χ3v) is 5.43. The van der Waals surface area contributed by atoms with Crippen molar-refractivity contribution in [2.75, 3.05) is 27.1 Å².